The van der Waals surface area contributed by atoms with Crippen LogP contribution in [0.2, 0.25) is 0 Å². The van der Waals surface area contributed by atoms with Gasteiger partial charge in [-0.15, -0.1) is 0 Å². The van der Waals surface area contributed by atoms with E-state index in [4.69, 9.17) is 4.74 Å². The van der Waals surface area contributed by atoms with Gasteiger partial charge >= 0.3 is 12.2 Å². The number of benzene rings is 2. The Morgan fingerprint density at radius 3 is 2.33 bits per heavy atom. The SMILES string of the molecule is CNC(=O)c1cc(Oc2ccc(C)c(NNC(=O)Nc3ccc(C(F)(F)F)cc3)c2)ccn1. The third-order valence-electron chi connectivity index (χ3n) is 4.42. The highest BCUT2D eigenvalue weighted by molar-refractivity contribution is 5.92. The Kier molecular flexibility index (Phi) is 7.01. The number of halogens is 3. The molecule has 0 fully saturated rings. The van der Waals surface area contributed by atoms with Crippen LogP contribution >= 0.6 is 0 Å². The van der Waals surface area contributed by atoms with Crippen LogP contribution in [0.25, 0.3) is 0 Å². The monoisotopic (exact) mass is 459 g/mol. The first-order valence-corrected chi connectivity index (χ1v) is 9.62. The van der Waals surface area contributed by atoms with Crippen LogP contribution in [0.5, 0.6) is 11.5 Å². The number of ether oxygens (including phenoxy) is 1. The summed E-state index contributed by atoms with van der Waals surface area (Å²) in [7, 11) is 1.50. The Labute approximate surface area is 187 Å². The predicted molar refractivity (Wildman–Crippen MR) is 116 cm³/mol. The number of nitrogens with zero attached hydrogens (tertiary/aromatic N) is 1. The van der Waals surface area contributed by atoms with Crippen LogP contribution in [0.4, 0.5) is 29.3 Å². The van der Waals surface area contributed by atoms with E-state index >= 15 is 0 Å². The average Bonchev–Trinajstić information content (AvgIpc) is 2.79. The Morgan fingerprint density at radius 2 is 1.67 bits per heavy atom. The van der Waals surface area contributed by atoms with Crippen molar-refractivity contribution in [2.24, 2.45) is 0 Å². The van der Waals surface area contributed by atoms with Crippen LogP contribution in [0.1, 0.15) is 21.6 Å². The van der Waals surface area contributed by atoms with Gasteiger partial charge in [-0.05, 0) is 48.9 Å². The van der Waals surface area contributed by atoms with E-state index in [-0.39, 0.29) is 17.3 Å². The van der Waals surface area contributed by atoms with Crippen LogP contribution in [0.3, 0.4) is 0 Å². The number of carbonyl (C=O) groups excluding carboxylic acids is 2. The van der Waals surface area contributed by atoms with Crippen molar-refractivity contribution in [1.82, 2.24) is 15.7 Å². The number of hydrazine groups is 1. The quantitative estimate of drug-likeness (QED) is 0.400. The third-order valence-corrected chi connectivity index (χ3v) is 4.42. The van der Waals surface area contributed by atoms with Gasteiger partial charge in [0.05, 0.1) is 11.3 Å². The van der Waals surface area contributed by atoms with Crippen LogP contribution < -0.4 is 26.2 Å². The molecule has 0 spiro atoms. The summed E-state index contributed by atoms with van der Waals surface area (Å²) in [5, 5.41) is 4.91. The van der Waals surface area contributed by atoms with Gasteiger partial charge in [0.15, 0.2) is 0 Å². The lowest BCUT2D eigenvalue weighted by Gasteiger charge is -2.14. The molecule has 1 heterocycles. The molecule has 0 atom stereocenters. The van der Waals surface area contributed by atoms with E-state index in [1.807, 2.05) is 0 Å². The van der Waals surface area contributed by atoms with Gasteiger partial charge in [0.1, 0.15) is 17.2 Å². The van der Waals surface area contributed by atoms with Gasteiger partial charge in [-0.25, -0.2) is 4.79 Å². The molecule has 0 aliphatic carbocycles. The molecule has 0 radical (unpaired) electrons. The minimum absolute atomic E-state index is 0.195. The Balaban J connectivity index is 1.62. The molecule has 33 heavy (non-hydrogen) atoms. The molecular weight excluding hydrogens is 439 g/mol. The highest BCUT2D eigenvalue weighted by Crippen LogP contribution is 2.30. The third kappa shape index (κ3) is 6.35. The summed E-state index contributed by atoms with van der Waals surface area (Å²) in [5.74, 6) is 0.475. The Hall–Kier alpha value is -4.28. The number of anilines is 2. The zero-order chi connectivity index (χ0) is 24.0. The summed E-state index contributed by atoms with van der Waals surface area (Å²) in [4.78, 5) is 27.8. The molecule has 4 N–H and O–H groups in total. The lowest BCUT2D eigenvalue weighted by molar-refractivity contribution is -0.137. The van der Waals surface area contributed by atoms with Crippen LogP contribution in [0.15, 0.2) is 60.8 Å². The first-order chi connectivity index (χ1) is 15.7. The molecule has 172 valence electrons. The maximum atomic E-state index is 12.6. The summed E-state index contributed by atoms with van der Waals surface area (Å²) >= 11 is 0. The summed E-state index contributed by atoms with van der Waals surface area (Å²) in [6.07, 6.45) is -3.01. The molecule has 0 bridgehead atoms. The minimum Gasteiger partial charge on any atom is -0.457 e. The van der Waals surface area contributed by atoms with Crippen molar-refractivity contribution in [2.45, 2.75) is 13.1 Å². The Bertz CT molecular complexity index is 1150. The fourth-order valence-corrected chi connectivity index (χ4v) is 2.69. The molecule has 3 rings (SSSR count). The summed E-state index contributed by atoms with van der Waals surface area (Å²) in [6.45, 7) is 1.80. The smallest absolute Gasteiger partial charge is 0.416 e. The zero-order valence-electron chi connectivity index (χ0n) is 17.6. The number of nitrogens with one attached hydrogen (secondary N) is 4. The molecule has 0 saturated carbocycles. The fourth-order valence-electron chi connectivity index (χ4n) is 2.69. The predicted octanol–water partition coefficient (Wildman–Crippen LogP) is 4.71. The number of hydrogen-bond donors (Lipinski definition) is 4. The van der Waals surface area contributed by atoms with Crippen LogP contribution in [-0.2, 0) is 6.18 Å². The summed E-state index contributed by atoms with van der Waals surface area (Å²) in [6, 6.07) is 11.6. The number of hydrogen-bond acceptors (Lipinski definition) is 5. The van der Waals surface area contributed by atoms with Crippen molar-refractivity contribution < 1.29 is 27.5 Å². The second-order valence-corrected chi connectivity index (χ2v) is 6.81. The first kappa shape index (κ1) is 23.4. The largest absolute Gasteiger partial charge is 0.457 e. The normalized spacial score (nSPS) is 10.8. The molecule has 8 nitrogen and oxygen atoms in total. The van der Waals surface area contributed by atoms with Gasteiger partial charge in [-0.1, -0.05) is 6.07 Å². The molecule has 1 aromatic heterocycles. The van der Waals surface area contributed by atoms with Crippen molar-refractivity contribution in [3.63, 3.8) is 0 Å². The van der Waals surface area contributed by atoms with Crippen molar-refractivity contribution in [3.05, 3.63) is 77.6 Å². The standard InChI is InChI=1S/C22H20F3N5O3/c1-13-3-8-16(33-17-9-10-27-19(12-17)20(31)26-2)11-18(13)29-30-21(32)28-15-6-4-14(5-7-15)22(23,24)25/h3-12,29H,1-2H3,(H,26,31)(H2,28,30,32). The lowest BCUT2D eigenvalue weighted by atomic mass is 10.2. The zero-order valence-corrected chi connectivity index (χ0v) is 17.6. The van der Waals surface area contributed by atoms with Crippen molar-refractivity contribution in [2.75, 3.05) is 17.8 Å². The van der Waals surface area contributed by atoms with E-state index in [1.165, 1.54) is 19.3 Å². The number of carbonyl (C=O) groups is 2. The second-order valence-electron chi connectivity index (χ2n) is 6.81. The fraction of sp³-hybridized carbons (Fsp3) is 0.136. The summed E-state index contributed by atoms with van der Waals surface area (Å²) in [5.41, 5.74) is 6.05. The van der Waals surface area contributed by atoms with Gasteiger partial charge in [0.2, 0.25) is 0 Å². The molecule has 3 amide bonds. The van der Waals surface area contributed by atoms with Gasteiger partial charge in [0, 0.05) is 31.1 Å². The van der Waals surface area contributed by atoms with Gasteiger partial charge < -0.3 is 15.4 Å². The molecular formula is C22H20F3N5O3. The molecule has 0 aliphatic heterocycles. The van der Waals surface area contributed by atoms with E-state index in [0.29, 0.717) is 17.2 Å². The van der Waals surface area contributed by atoms with E-state index in [0.717, 1.165) is 29.8 Å². The van der Waals surface area contributed by atoms with E-state index < -0.39 is 17.8 Å². The molecule has 11 heteroatoms. The summed E-state index contributed by atoms with van der Waals surface area (Å²) < 4.78 is 43.7. The molecule has 0 aliphatic rings. The van der Waals surface area contributed by atoms with E-state index in [2.05, 4.69) is 26.5 Å². The highest BCUT2D eigenvalue weighted by atomic mass is 19.4. The number of alkyl halides is 3. The van der Waals surface area contributed by atoms with Crippen molar-refractivity contribution in [1.29, 1.82) is 0 Å². The average molecular weight is 459 g/mol. The maximum Gasteiger partial charge on any atom is 0.416 e. The van der Waals surface area contributed by atoms with Gasteiger partial charge in [0.25, 0.3) is 5.91 Å². The molecule has 0 saturated heterocycles. The number of aryl methyl sites for hydroxylation is 1. The van der Waals surface area contributed by atoms with E-state index in [1.54, 1.807) is 31.2 Å². The number of rotatable bonds is 6. The molecule has 3 aromatic rings. The molecule has 2 aromatic carbocycles. The van der Waals surface area contributed by atoms with Crippen LogP contribution in [-0.4, -0.2) is 24.0 Å². The molecule has 0 unspecified atom stereocenters. The van der Waals surface area contributed by atoms with Crippen molar-refractivity contribution in [3.8, 4) is 11.5 Å². The number of urea groups is 1. The maximum absolute atomic E-state index is 12.6. The van der Waals surface area contributed by atoms with Crippen molar-refractivity contribution >= 4 is 23.3 Å². The number of amides is 3. The highest BCUT2D eigenvalue weighted by Gasteiger charge is 2.30. The van der Waals surface area contributed by atoms with Gasteiger partial charge in [-0.2, -0.15) is 13.2 Å². The number of pyridine rings is 1. The van der Waals surface area contributed by atoms with Gasteiger partial charge in [-0.3, -0.25) is 20.6 Å². The Morgan fingerprint density at radius 1 is 0.970 bits per heavy atom. The lowest BCUT2D eigenvalue weighted by Crippen LogP contribution is -2.33. The topological polar surface area (TPSA) is 104 Å². The number of aromatic nitrogens is 1. The van der Waals surface area contributed by atoms with E-state index in [9.17, 15) is 22.8 Å². The first-order valence-electron chi connectivity index (χ1n) is 9.62. The second kappa shape index (κ2) is 9.90. The van der Waals surface area contributed by atoms with Crippen LogP contribution in [0, 0.1) is 6.92 Å². The minimum atomic E-state index is -4.45.